The molecular formula is C17H22N2O2. The molecule has 1 fully saturated rings. The molecular weight excluding hydrogens is 264 g/mol. The molecule has 0 radical (unpaired) electrons. The number of amides is 2. The third-order valence-electron chi connectivity index (χ3n) is 4.47. The van der Waals surface area contributed by atoms with Crippen molar-refractivity contribution in [3.05, 3.63) is 35.4 Å². The predicted molar refractivity (Wildman–Crippen MR) is 81.3 cm³/mol. The van der Waals surface area contributed by atoms with Crippen LogP contribution in [0.15, 0.2) is 24.3 Å². The van der Waals surface area contributed by atoms with Crippen molar-refractivity contribution in [3.63, 3.8) is 0 Å². The smallest absolute Gasteiger partial charge is 0.261 e. The van der Waals surface area contributed by atoms with E-state index in [1.54, 1.807) is 24.3 Å². The third kappa shape index (κ3) is 3.00. The van der Waals surface area contributed by atoms with Crippen LogP contribution in [0.5, 0.6) is 0 Å². The van der Waals surface area contributed by atoms with E-state index in [1.807, 2.05) is 0 Å². The van der Waals surface area contributed by atoms with Gasteiger partial charge in [0, 0.05) is 12.6 Å². The minimum absolute atomic E-state index is 0.145. The van der Waals surface area contributed by atoms with Crippen molar-refractivity contribution in [3.8, 4) is 0 Å². The zero-order valence-electron chi connectivity index (χ0n) is 12.3. The Labute approximate surface area is 125 Å². The molecule has 0 aromatic heterocycles. The van der Waals surface area contributed by atoms with Gasteiger partial charge < -0.3 is 5.32 Å². The second-order valence-corrected chi connectivity index (χ2v) is 5.95. The number of rotatable bonds is 5. The highest BCUT2D eigenvalue weighted by atomic mass is 16.2. The van der Waals surface area contributed by atoms with Crippen LogP contribution in [0.1, 0.15) is 59.2 Å². The lowest BCUT2D eigenvalue weighted by Crippen LogP contribution is -2.35. The van der Waals surface area contributed by atoms with E-state index in [9.17, 15) is 9.59 Å². The molecule has 4 heteroatoms. The average Bonchev–Trinajstić information content (AvgIpc) is 2.77. The Bertz CT molecular complexity index is 500. The summed E-state index contributed by atoms with van der Waals surface area (Å²) in [4.78, 5) is 25.8. The molecule has 1 aromatic carbocycles. The second kappa shape index (κ2) is 6.39. The van der Waals surface area contributed by atoms with Crippen molar-refractivity contribution in [1.82, 2.24) is 10.2 Å². The Morgan fingerprint density at radius 3 is 2.24 bits per heavy atom. The summed E-state index contributed by atoms with van der Waals surface area (Å²) in [6, 6.07) is 7.70. The van der Waals surface area contributed by atoms with E-state index < -0.39 is 0 Å². The number of nitrogens with one attached hydrogen (secondary N) is 1. The summed E-state index contributed by atoms with van der Waals surface area (Å²) in [5.74, 6) is -0.290. The Morgan fingerprint density at radius 2 is 1.62 bits per heavy atom. The van der Waals surface area contributed by atoms with Crippen LogP contribution in [-0.2, 0) is 0 Å². The van der Waals surface area contributed by atoms with Crippen molar-refractivity contribution in [2.24, 2.45) is 0 Å². The minimum Gasteiger partial charge on any atom is -0.314 e. The van der Waals surface area contributed by atoms with Crippen LogP contribution in [0.3, 0.4) is 0 Å². The van der Waals surface area contributed by atoms with E-state index >= 15 is 0 Å². The number of fused-ring (bicyclic) bond motifs is 1. The highest BCUT2D eigenvalue weighted by molar-refractivity contribution is 6.21. The highest BCUT2D eigenvalue weighted by Crippen LogP contribution is 2.22. The van der Waals surface area contributed by atoms with Crippen LogP contribution >= 0.6 is 0 Å². The van der Waals surface area contributed by atoms with Gasteiger partial charge >= 0.3 is 0 Å². The molecule has 0 spiro atoms. The fourth-order valence-corrected chi connectivity index (χ4v) is 3.29. The molecule has 1 saturated carbocycles. The lowest BCUT2D eigenvalue weighted by atomic mass is 9.95. The Hall–Kier alpha value is -1.68. The molecule has 3 rings (SSSR count). The van der Waals surface area contributed by atoms with Crippen molar-refractivity contribution in [2.75, 3.05) is 13.1 Å². The van der Waals surface area contributed by atoms with Gasteiger partial charge in [-0.15, -0.1) is 0 Å². The van der Waals surface area contributed by atoms with Gasteiger partial charge in [0.1, 0.15) is 0 Å². The number of carbonyl (C=O) groups is 2. The normalized spacial score (nSPS) is 19.1. The largest absolute Gasteiger partial charge is 0.314 e. The number of imide groups is 1. The molecule has 0 unspecified atom stereocenters. The van der Waals surface area contributed by atoms with Crippen LogP contribution < -0.4 is 5.32 Å². The Kier molecular flexibility index (Phi) is 4.34. The van der Waals surface area contributed by atoms with Gasteiger partial charge in [0.2, 0.25) is 0 Å². The Morgan fingerprint density at radius 1 is 1.00 bits per heavy atom. The lowest BCUT2D eigenvalue weighted by Gasteiger charge is -2.23. The molecule has 0 saturated heterocycles. The number of benzene rings is 1. The summed E-state index contributed by atoms with van der Waals surface area (Å²) in [5, 5.41) is 3.55. The molecule has 21 heavy (non-hydrogen) atoms. The molecule has 2 amide bonds. The SMILES string of the molecule is O=C1c2ccccc2C(=O)N1CCCNC1CCCCC1. The van der Waals surface area contributed by atoms with Crippen LogP contribution in [-0.4, -0.2) is 35.8 Å². The maximum absolute atomic E-state index is 12.2. The quantitative estimate of drug-likeness (QED) is 0.668. The van der Waals surface area contributed by atoms with E-state index in [0.29, 0.717) is 23.7 Å². The molecule has 1 aromatic rings. The van der Waals surface area contributed by atoms with Crippen LogP contribution in [0.2, 0.25) is 0 Å². The third-order valence-corrected chi connectivity index (χ3v) is 4.47. The van der Waals surface area contributed by atoms with Gasteiger partial charge in [-0.05, 0) is 37.9 Å². The molecule has 0 bridgehead atoms. The first-order chi connectivity index (χ1) is 10.3. The summed E-state index contributed by atoms with van der Waals surface area (Å²) in [5.41, 5.74) is 1.09. The van der Waals surface area contributed by atoms with E-state index in [0.717, 1.165) is 13.0 Å². The summed E-state index contributed by atoms with van der Waals surface area (Å²) in [6.45, 7) is 1.38. The molecule has 1 aliphatic carbocycles. The standard InChI is InChI=1S/C17H22N2O2/c20-16-14-9-4-5-10-15(14)17(21)19(16)12-6-11-18-13-7-2-1-3-8-13/h4-5,9-10,13,18H,1-3,6-8,11-12H2. The fraction of sp³-hybridized carbons (Fsp3) is 0.529. The molecule has 112 valence electrons. The van der Waals surface area contributed by atoms with Crippen molar-refractivity contribution >= 4 is 11.8 Å². The summed E-state index contributed by atoms with van der Waals surface area (Å²) < 4.78 is 0. The van der Waals surface area contributed by atoms with Crippen LogP contribution in [0, 0.1) is 0 Å². The van der Waals surface area contributed by atoms with Crippen molar-refractivity contribution < 1.29 is 9.59 Å². The van der Waals surface area contributed by atoms with Gasteiger partial charge in [-0.1, -0.05) is 31.4 Å². The summed E-state index contributed by atoms with van der Waals surface area (Å²) in [6.07, 6.45) is 7.32. The topological polar surface area (TPSA) is 49.4 Å². The average molecular weight is 286 g/mol. The number of hydrogen-bond donors (Lipinski definition) is 1. The Balaban J connectivity index is 1.48. The molecule has 0 atom stereocenters. The van der Waals surface area contributed by atoms with E-state index in [1.165, 1.54) is 37.0 Å². The van der Waals surface area contributed by atoms with Gasteiger partial charge in [-0.25, -0.2) is 0 Å². The monoisotopic (exact) mass is 286 g/mol. The molecule has 2 aliphatic rings. The summed E-state index contributed by atoms with van der Waals surface area (Å²) >= 11 is 0. The van der Waals surface area contributed by atoms with Gasteiger partial charge in [0.15, 0.2) is 0 Å². The lowest BCUT2D eigenvalue weighted by molar-refractivity contribution is 0.0652. The number of nitrogens with zero attached hydrogens (tertiary/aromatic N) is 1. The maximum atomic E-state index is 12.2. The fourth-order valence-electron chi connectivity index (χ4n) is 3.29. The van der Waals surface area contributed by atoms with Crippen molar-refractivity contribution in [2.45, 2.75) is 44.6 Å². The summed E-state index contributed by atoms with van der Waals surface area (Å²) in [7, 11) is 0. The van der Waals surface area contributed by atoms with Gasteiger partial charge in [-0.3, -0.25) is 14.5 Å². The van der Waals surface area contributed by atoms with Gasteiger partial charge in [0.05, 0.1) is 11.1 Å². The first-order valence-electron chi connectivity index (χ1n) is 7.96. The van der Waals surface area contributed by atoms with E-state index in [-0.39, 0.29) is 11.8 Å². The van der Waals surface area contributed by atoms with E-state index in [2.05, 4.69) is 5.32 Å². The zero-order chi connectivity index (χ0) is 14.7. The van der Waals surface area contributed by atoms with Crippen LogP contribution in [0.4, 0.5) is 0 Å². The van der Waals surface area contributed by atoms with Gasteiger partial charge in [-0.2, -0.15) is 0 Å². The maximum Gasteiger partial charge on any atom is 0.261 e. The molecule has 1 aliphatic heterocycles. The molecule has 1 heterocycles. The first kappa shape index (κ1) is 14.3. The molecule has 1 N–H and O–H groups in total. The second-order valence-electron chi connectivity index (χ2n) is 5.95. The first-order valence-corrected chi connectivity index (χ1v) is 7.96. The molecule has 4 nitrogen and oxygen atoms in total. The van der Waals surface area contributed by atoms with Crippen LogP contribution in [0.25, 0.3) is 0 Å². The highest BCUT2D eigenvalue weighted by Gasteiger charge is 2.34. The minimum atomic E-state index is -0.145. The zero-order valence-corrected chi connectivity index (χ0v) is 12.3. The number of hydrogen-bond acceptors (Lipinski definition) is 3. The number of carbonyl (C=O) groups excluding carboxylic acids is 2. The predicted octanol–water partition coefficient (Wildman–Crippen LogP) is 2.60. The van der Waals surface area contributed by atoms with Crippen molar-refractivity contribution in [1.29, 1.82) is 0 Å². The van der Waals surface area contributed by atoms with Gasteiger partial charge in [0.25, 0.3) is 11.8 Å². The van der Waals surface area contributed by atoms with E-state index in [4.69, 9.17) is 0 Å².